The molecule has 0 bridgehead atoms. The van der Waals surface area contributed by atoms with E-state index in [1.807, 2.05) is 0 Å². The van der Waals surface area contributed by atoms with E-state index in [2.05, 4.69) is 5.32 Å². The Morgan fingerprint density at radius 3 is 2.45 bits per heavy atom. The van der Waals surface area contributed by atoms with Gasteiger partial charge in [-0.05, 0) is 42.3 Å². The number of rotatable bonds is 10. The molecule has 0 radical (unpaired) electrons. The molecule has 4 N–H and O–H groups in total. The van der Waals surface area contributed by atoms with Crippen LogP contribution in [0.4, 0.5) is 5.69 Å². The van der Waals surface area contributed by atoms with Gasteiger partial charge in [-0.1, -0.05) is 42.5 Å². The molecule has 0 atom stereocenters. The fourth-order valence-corrected chi connectivity index (χ4v) is 4.21. The summed E-state index contributed by atoms with van der Waals surface area (Å²) in [7, 11) is -3.35. The summed E-state index contributed by atoms with van der Waals surface area (Å²) in [5.41, 5.74) is 8.57. The van der Waals surface area contributed by atoms with Crippen LogP contribution in [0.5, 0.6) is 5.75 Å². The van der Waals surface area contributed by atoms with Gasteiger partial charge in [-0.15, -0.1) is 0 Å². The van der Waals surface area contributed by atoms with Crippen molar-refractivity contribution in [2.45, 2.75) is 17.7 Å². The smallest absolute Gasteiger partial charge is 0.224 e. The molecular formula is C25H27N3O4S. The molecule has 0 fully saturated rings. The number of anilines is 1. The van der Waals surface area contributed by atoms with Crippen molar-refractivity contribution in [3.05, 3.63) is 78.4 Å². The first-order chi connectivity index (χ1) is 15.8. The van der Waals surface area contributed by atoms with Crippen molar-refractivity contribution in [3.8, 4) is 16.9 Å². The van der Waals surface area contributed by atoms with Crippen LogP contribution in [0.2, 0.25) is 0 Å². The molecule has 7 nitrogen and oxygen atoms in total. The number of hydrogen-bond acceptors (Lipinski definition) is 6. The van der Waals surface area contributed by atoms with Crippen LogP contribution in [0, 0.1) is 5.41 Å². The van der Waals surface area contributed by atoms with Gasteiger partial charge in [0.1, 0.15) is 5.75 Å². The Kier molecular flexibility index (Phi) is 7.97. The van der Waals surface area contributed by atoms with E-state index in [0.29, 0.717) is 35.7 Å². The quantitative estimate of drug-likeness (QED) is 0.310. The first-order valence-corrected chi connectivity index (χ1v) is 12.4. The zero-order valence-electron chi connectivity index (χ0n) is 18.4. The zero-order valence-corrected chi connectivity index (χ0v) is 19.2. The van der Waals surface area contributed by atoms with E-state index >= 15 is 0 Å². The highest BCUT2D eigenvalue weighted by Gasteiger charge is 2.14. The summed E-state index contributed by atoms with van der Waals surface area (Å²) < 4.78 is 29.7. The van der Waals surface area contributed by atoms with Crippen molar-refractivity contribution in [3.63, 3.8) is 0 Å². The second kappa shape index (κ2) is 10.9. The van der Waals surface area contributed by atoms with Gasteiger partial charge in [0.25, 0.3) is 0 Å². The van der Waals surface area contributed by atoms with Gasteiger partial charge in [0.2, 0.25) is 5.91 Å². The molecule has 3 aromatic rings. The first-order valence-electron chi connectivity index (χ1n) is 10.5. The third-order valence-electron chi connectivity index (χ3n) is 4.97. The molecule has 1 amide bonds. The minimum Gasteiger partial charge on any atom is -0.494 e. The monoisotopic (exact) mass is 465 g/mol. The van der Waals surface area contributed by atoms with Crippen LogP contribution >= 0.6 is 0 Å². The fraction of sp³-hybridized carbons (Fsp3) is 0.200. The molecule has 8 heteroatoms. The van der Waals surface area contributed by atoms with Gasteiger partial charge in [0, 0.05) is 36.0 Å². The molecule has 0 aliphatic carbocycles. The molecule has 3 rings (SSSR count). The summed E-state index contributed by atoms with van der Waals surface area (Å²) in [5, 5.41) is 10.6. The Morgan fingerprint density at radius 2 is 1.76 bits per heavy atom. The maximum atomic E-state index is 12.3. The molecule has 0 heterocycles. The zero-order chi connectivity index (χ0) is 23.8. The standard InChI is InChI=1S/C25H27N3O4S/c1-33(30,31)24-9-3-2-8-22(24)18-11-13-20(14-12-18)28-25(29)10-5-15-32-21-7-4-6-19(16-21)23(27)17-26/h2-4,6-9,11-14,16,27H,5,10,15,17,26H2,1H3,(H,28,29). The largest absolute Gasteiger partial charge is 0.494 e. The van der Waals surface area contributed by atoms with Crippen molar-refractivity contribution in [2.24, 2.45) is 5.73 Å². The topological polar surface area (TPSA) is 122 Å². The van der Waals surface area contributed by atoms with E-state index in [9.17, 15) is 13.2 Å². The van der Waals surface area contributed by atoms with Gasteiger partial charge in [-0.25, -0.2) is 8.42 Å². The number of carbonyl (C=O) groups excluding carboxylic acids is 1. The molecule has 0 spiro atoms. The fourth-order valence-electron chi connectivity index (χ4n) is 3.30. The van der Waals surface area contributed by atoms with Crippen molar-refractivity contribution in [1.82, 2.24) is 0 Å². The van der Waals surface area contributed by atoms with Crippen molar-refractivity contribution in [2.75, 3.05) is 24.7 Å². The van der Waals surface area contributed by atoms with E-state index in [4.69, 9.17) is 15.9 Å². The summed E-state index contributed by atoms with van der Waals surface area (Å²) in [6.45, 7) is 0.531. The Hall–Kier alpha value is -3.49. The Balaban J connectivity index is 1.51. The summed E-state index contributed by atoms with van der Waals surface area (Å²) >= 11 is 0. The minimum absolute atomic E-state index is 0.137. The van der Waals surface area contributed by atoms with Crippen LogP contribution < -0.4 is 15.8 Å². The number of ether oxygens (including phenoxy) is 1. The lowest BCUT2D eigenvalue weighted by molar-refractivity contribution is -0.116. The number of nitrogens with one attached hydrogen (secondary N) is 2. The number of amides is 1. The second-order valence-electron chi connectivity index (χ2n) is 7.56. The maximum Gasteiger partial charge on any atom is 0.224 e. The normalized spacial score (nSPS) is 11.1. The van der Waals surface area contributed by atoms with Crippen LogP contribution in [-0.2, 0) is 14.6 Å². The van der Waals surface area contributed by atoms with Gasteiger partial charge in [0.15, 0.2) is 9.84 Å². The highest BCUT2D eigenvalue weighted by Crippen LogP contribution is 2.28. The Labute approximate surface area is 194 Å². The average Bonchev–Trinajstić information content (AvgIpc) is 2.81. The van der Waals surface area contributed by atoms with Crippen LogP contribution in [0.3, 0.4) is 0 Å². The second-order valence-corrected chi connectivity index (χ2v) is 9.54. The van der Waals surface area contributed by atoms with Crippen LogP contribution in [0.1, 0.15) is 18.4 Å². The van der Waals surface area contributed by atoms with Gasteiger partial charge in [-0.2, -0.15) is 0 Å². The summed E-state index contributed by atoms with van der Waals surface area (Å²) in [4.78, 5) is 12.5. The lowest BCUT2D eigenvalue weighted by Gasteiger charge is -2.10. The molecule has 0 aromatic heterocycles. The lowest BCUT2D eigenvalue weighted by atomic mass is 10.1. The third kappa shape index (κ3) is 6.74. The highest BCUT2D eigenvalue weighted by atomic mass is 32.2. The van der Waals surface area contributed by atoms with Crippen LogP contribution in [0.25, 0.3) is 11.1 Å². The predicted molar refractivity (Wildman–Crippen MR) is 131 cm³/mol. The van der Waals surface area contributed by atoms with Crippen LogP contribution in [0.15, 0.2) is 77.7 Å². The maximum absolute atomic E-state index is 12.3. The number of hydrogen-bond donors (Lipinski definition) is 3. The molecule has 0 saturated carbocycles. The molecule has 0 aliphatic heterocycles. The number of sulfone groups is 1. The first kappa shape index (κ1) is 24.2. The Morgan fingerprint density at radius 1 is 1.03 bits per heavy atom. The molecule has 33 heavy (non-hydrogen) atoms. The highest BCUT2D eigenvalue weighted by molar-refractivity contribution is 7.90. The van der Waals surface area contributed by atoms with Gasteiger partial charge in [-0.3, -0.25) is 4.79 Å². The molecule has 0 unspecified atom stereocenters. The van der Waals surface area contributed by atoms with Gasteiger partial charge >= 0.3 is 0 Å². The van der Waals surface area contributed by atoms with E-state index in [1.165, 1.54) is 6.26 Å². The summed E-state index contributed by atoms with van der Waals surface area (Å²) in [5.74, 6) is 0.498. The van der Waals surface area contributed by atoms with Crippen molar-refractivity contribution < 1.29 is 17.9 Å². The van der Waals surface area contributed by atoms with E-state index in [1.54, 1.807) is 72.8 Å². The third-order valence-corrected chi connectivity index (χ3v) is 6.12. The predicted octanol–water partition coefficient (Wildman–Crippen LogP) is 3.88. The summed E-state index contributed by atoms with van der Waals surface area (Å²) in [6, 6.07) is 21.1. The van der Waals surface area contributed by atoms with Gasteiger partial charge < -0.3 is 21.2 Å². The SMILES string of the molecule is CS(=O)(=O)c1ccccc1-c1ccc(NC(=O)CCCOc2cccc(C(=N)CN)c2)cc1. The van der Waals surface area contributed by atoms with E-state index < -0.39 is 9.84 Å². The van der Waals surface area contributed by atoms with Crippen molar-refractivity contribution in [1.29, 1.82) is 5.41 Å². The summed E-state index contributed by atoms with van der Waals surface area (Å²) in [6.07, 6.45) is 2.01. The molecule has 0 saturated heterocycles. The number of carbonyl (C=O) groups is 1. The number of benzene rings is 3. The lowest BCUT2D eigenvalue weighted by Crippen LogP contribution is -2.14. The molecule has 3 aromatic carbocycles. The minimum atomic E-state index is -3.35. The molecular weight excluding hydrogens is 438 g/mol. The van der Waals surface area contributed by atoms with E-state index in [0.717, 1.165) is 11.1 Å². The van der Waals surface area contributed by atoms with Crippen LogP contribution in [-0.4, -0.2) is 39.4 Å². The van der Waals surface area contributed by atoms with Gasteiger partial charge in [0.05, 0.1) is 17.2 Å². The average molecular weight is 466 g/mol. The van der Waals surface area contributed by atoms with Crippen molar-refractivity contribution >= 4 is 27.1 Å². The number of nitrogens with two attached hydrogens (primary N) is 1. The molecule has 172 valence electrons. The van der Waals surface area contributed by atoms with E-state index in [-0.39, 0.29) is 23.8 Å². The molecule has 0 aliphatic rings. The Bertz CT molecular complexity index is 1240.